The van der Waals surface area contributed by atoms with Crippen LogP contribution in [0.2, 0.25) is 0 Å². The third-order valence-electron chi connectivity index (χ3n) is 3.39. The van der Waals surface area contributed by atoms with Crippen LogP contribution in [-0.2, 0) is 16.0 Å². The number of hydrogen-bond donors (Lipinski definition) is 2. The maximum absolute atomic E-state index is 11.9. The number of carbonyl (C=O) groups excluding carboxylic acids is 2. The molecule has 2 rings (SSSR count). The maximum atomic E-state index is 11.9. The van der Waals surface area contributed by atoms with E-state index in [4.69, 9.17) is 4.74 Å². The summed E-state index contributed by atoms with van der Waals surface area (Å²) in [6, 6.07) is 12.7. The van der Waals surface area contributed by atoms with Crippen LogP contribution in [0, 0.1) is 0 Å². The first-order chi connectivity index (χ1) is 12.0. The molecule has 0 saturated carbocycles. The Labute approximate surface area is 154 Å². The fourth-order valence-corrected chi connectivity index (χ4v) is 2.41. The largest absolute Gasteiger partial charge is 0.496 e. The summed E-state index contributed by atoms with van der Waals surface area (Å²) in [5.74, 6) is -1.05. The first-order valence-electron chi connectivity index (χ1n) is 7.60. The Kier molecular flexibility index (Phi) is 6.71. The summed E-state index contributed by atoms with van der Waals surface area (Å²) >= 11 is 3.35. The molecular weight excluding hydrogens is 386 g/mol. The average Bonchev–Trinajstić information content (AvgIpc) is 2.62. The van der Waals surface area contributed by atoms with Gasteiger partial charge in [-0.2, -0.15) is 5.10 Å². The first kappa shape index (κ1) is 18.7. The average molecular weight is 404 g/mol. The van der Waals surface area contributed by atoms with Crippen molar-refractivity contribution in [3.63, 3.8) is 0 Å². The second kappa shape index (κ2) is 8.98. The Morgan fingerprint density at radius 2 is 1.88 bits per heavy atom. The zero-order valence-corrected chi connectivity index (χ0v) is 15.5. The van der Waals surface area contributed by atoms with E-state index < -0.39 is 11.8 Å². The lowest BCUT2D eigenvalue weighted by Gasteiger charge is -2.06. The summed E-state index contributed by atoms with van der Waals surface area (Å²) in [6.07, 6.45) is 2.31. The van der Waals surface area contributed by atoms with Gasteiger partial charge in [0.25, 0.3) is 0 Å². The molecule has 2 aromatic rings. The number of aryl methyl sites for hydroxylation is 1. The molecule has 0 aromatic heterocycles. The molecule has 0 aliphatic carbocycles. The number of hydrogen-bond acceptors (Lipinski definition) is 4. The van der Waals surface area contributed by atoms with E-state index in [9.17, 15) is 9.59 Å². The zero-order valence-electron chi connectivity index (χ0n) is 13.9. The van der Waals surface area contributed by atoms with Crippen LogP contribution in [0.25, 0.3) is 0 Å². The van der Waals surface area contributed by atoms with Crippen molar-refractivity contribution in [3.8, 4) is 5.75 Å². The maximum Gasteiger partial charge on any atom is 0.329 e. The normalized spacial score (nSPS) is 10.5. The van der Waals surface area contributed by atoms with Crippen LogP contribution in [-0.4, -0.2) is 25.1 Å². The van der Waals surface area contributed by atoms with Crippen molar-refractivity contribution in [2.24, 2.45) is 5.10 Å². The van der Waals surface area contributed by atoms with Crippen LogP contribution in [0.15, 0.2) is 52.0 Å². The number of halogens is 1. The fourth-order valence-electron chi connectivity index (χ4n) is 2.03. The van der Waals surface area contributed by atoms with E-state index in [1.54, 1.807) is 24.3 Å². The Hall–Kier alpha value is -2.67. The van der Waals surface area contributed by atoms with E-state index in [1.165, 1.54) is 13.3 Å². The third kappa shape index (κ3) is 5.42. The predicted molar refractivity (Wildman–Crippen MR) is 101 cm³/mol. The van der Waals surface area contributed by atoms with Crippen LogP contribution in [0.5, 0.6) is 5.75 Å². The van der Waals surface area contributed by atoms with E-state index in [0.717, 1.165) is 16.5 Å². The number of amides is 2. The third-order valence-corrected chi connectivity index (χ3v) is 3.88. The topological polar surface area (TPSA) is 79.8 Å². The Balaban J connectivity index is 1.94. The number of nitrogens with zero attached hydrogens (tertiary/aromatic N) is 1. The standard InChI is InChI=1S/C18H18BrN3O3/c1-3-12-4-7-15(8-5-12)21-17(23)18(24)22-20-11-13-10-14(19)6-9-16(13)25-2/h4-11H,3H2,1-2H3,(H,21,23)(H,22,24)/b20-11+. The highest BCUT2D eigenvalue weighted by molar-refractivity contribution is 9.10. The number of benzene rings is 2. The molecule has 0 bridgehead atoms. The Morgan fingerprint density at radius 1 is 1.16 bits per heavy atom. The van der Waals surface area contributed by atoms with Gasteiger partial charge in [-0.1, -0.05) is 35.0 Å². The van der Waals surface area contributed by atoms with Crippen molar-refractivity contribution >= 4 is 39.6 Å². The fraction of sp³-hybridized carbons (Fsp3) is 0.167. The summed E-state index contributed by atoms with van der Waals surface area (Å²) in [5, 5.41) is 6.31. The SMILES string of the molecule is CCc1ccc(NC(=O)C(=O)N/N=C/c2cc(Br)ccc2OC)cc1. The van der Waals surface area contributed by atoms with Crippen molar-refractivity contribution in [1.29, 1.82) is 0 Å². The van der Waals surface area contributed by atoms with Gasteiger partial charge in [-0.25, -0.2) is 5.43 Å². The molecule has 7 heteroatoms. The van der Waals surface area contributed by atoms with E-state index in [-0.39, 0.29) is 0 Å². The minimum atomic E-state index is -0.857. The highest BCUT2D eigenvalue weighted by Crippen LogP contribution is 2.21. The molecule has 0 saturated heterocycles. The Morgan fingerprint density at radius 3 is 2.52 bits per heavy atom. The van der Waals surface area contributed by atoms with Gasteiger partial charge in [0.1, 0.15) is 5.75 Å². The van der Waals surface area contributed by atoms with Gasteiger partial charge in [0.2, 0.25) is 0 Å². The second-order valence-corrected chi connectivity index (χ2v) is 6.01. The van der Waals surface area contributed by atoms with Crippen molar-refractivity contribution < 1.29 is 14.3 Å². The van der Waals surface area contributed by atoms with E-state index in [1.807, 2.05) is 25.1 Å². The summed E-state index contributed by atoms with van der Waals surface area (Å²) in [4.78, 5) is 23.7. The quantitative estimate of drug-likeness (QED) is 0.457. The van der Waals surface area contributed by atoms with Crippen LogP contribution in [0.1, 0.15) is 18.1 Å². The van der Waals surface area contributed by atoms with Crippen LogP contribution in [0.3, 0.4) is 0 Å². The lowest BCUT2D eigenvalue weighted by Crippen LogP contribution is -2.32. The van der Waals surface area contributed by atoms with Crippen molar-refractivity contribution in [2.45, 2.75) is 13.3 Å². The van der Waals surface area contributed by atoms with E-state index >= 15 is 0 Å². The van der Waals surface area contributed by atoms with Gasteiger partial charge < -0.3 is 10.1 Å². The van der Waals surface area contributed by atoms with Crippen molar-refractivity contribution in [3.05, 3.63) is 58.1 Å². The number of anilines is 1. The number of carbonyl (C=O) groups is 2. The van der Waals surface area contributed by atoms with Crippen molar-refractivity contribution in [2.75, 3.05) is 12.4 Å². The minimum absolute atomic E-state index is 0.551. The lowest BCUT2D eigenvalue weighted by molar-refractivity contribution is -0.136. The second-order valence-electron chi connectivity index (χ2n) is 5.09. The van der Waals surface area contributed by atoms with Gasteiger partial charge in [0, 0.05) is 15.7 Å². The molecule has 0 radical (unpaired) electrons. The molecule has 2 N–H and O–H groups in total. The van der Waals surface area contributed by atoms with Gasteiger partial charge in [-0.3, -0.25) is 9.59 Å². The smallest absolute Gasteiger partial charge is 0.329 e. The molecule has 130 valence electrons. The molecule has 25 heavy (non-hydrogen) atoms. The zero-order chi connectivity index (χ0) is 18.2. The summed E-state index contributed by atoms with van der Waals surface area (Å²) in [7, 11) is 1.54. The molecule has 0 aliphatic heterocycles. The number of ether oxygens (including phenoxy) is 1. The Bertz CT molecular complexity index is 789. The van der Waals surface area contributed by atoms with E-state index in [0.29, 0.717) is 17.0 Å². The van der Waals surface area contributed by atoms with Gasteiger partial charge >= 0.3 is 11.8 Å². The molecule has 0 aliphatic rings. The number of methoxy groups -OCH3 is 1. The molecule has 0 unspecified atom stereocenters. The summed E-state index contributed by atoms with van der Waals surface area (Å²) < 4.78 is 6.04. The minimum Gasteiger partial charge on any atom is -0.496 e. The monoisotopic (exact) mass is 403 g/mol. The predicted octanol–water partition coefficient (Wildman–Crippen LogP) is 3.11. The molecule has 6 nitrogen and oxygen atoms in total. The molecule has 2 amide bonds. The molecule has 0 fully saturated rings. The lowest BCUT2D eigenvalue weighted by atomic mass is 10.1. The van der Waals surface area contributed by atoms with E-state index in [2.05, 4.69) is 31.8 Å². The summed E-state index contributed by atoms with van der Waals surface area (Å²) in [5.41, 5.74) is 4.55. The number of rotatable bonds is 5. The first-order valence-corrected chi connectivity index (χ1v) is 8.39. The van der Waals surface area contributed by atoms with Crippen molar-refractivity contribution in [1.82, 2.24) is 5.43 Å². The number of nitrogens with one attached hydrogen (secondary N) is 2. The summed E-state index contributed by atoms with van der Waals surface area (Å²) in [6.45, 7) is 2.04. The van der Waals surface area contributed by atoms with Gasteiger partial charge in [-0.15, -0.1) is 0 Å². The molecule has 0 spiro atoms. The molecule has 0 heterocycles. The molecular formula is C18H18BrN3O3. The molecule has 2 aromatic carbocycles. The van der Waals surface area contributed by atoms with Crippen LogP contribution >= 0.6 is 15.9 Å². The van der Waals surface area contributed by atoms with Gasteiger partial charge in [0.05, 0.1) is 13.3 Å². The van der Waals surface area contributed by atoms with Gasteiger partial charge in [0.15, 0.2) is 0 Å². The van der Waals surface area contributed by atoms with Crippen LogP contribution in [0.4, 0.5) is 5.69 Å². The number of hydrazone groups is 1. The van der Waals surface area contributed by atoms with Gasteiger partial charge in [-0.05, 0) is 42.3 Å². The van der Waals surface area contributed by atoms with Crippen LogP contribution < -0.4 is 15.5 Å². The molecule has 0 atom stereocenters. The highest BCUT2D eigenvalue weighted by atomic mass is 79.9. The highest BCUT2D eigenvalue weighted by Gasteiger charge is 2.12.